The number of anilines is 1. The van der Waals surface area contributed by atoms with Crippen LogP contribution in [0.15, 0.2) is 30.3 Å². The third-order valence-electron chi connectivity index (χ3n) is 3.42. The molecule has 1 aliphatic heterocycles. The smallest absolute Gasteiger partial charge is 0.0940 e. The molecule has 1 fully saturated rings. The van der Waals surface area contributed by atoms with E-state index in [4.69, 9.17) is 11.0 Å². The van der Waals surface area contributed by atoms with Crippen LogP contribution in [0.1, 0.15) is 6.42 Å². The largest absolute Gasteiger partial charge is 0.369 e. The average molecular weight is 244 g/mol. The fourth-order valence-corrected chi connectivity index (χ4v) is 2.25. The van der Waals surface area contributed by atoms with E-state index in [-0.39, 0.29) is 6.04 Å². The molecule has 1 aromatic carbocycles. The van der Waals surface area contributed by atoms with Gasteiger partial charge >= 0.3 is 0 Å². The Hall–Kier alpha value is -1.57. The van der Waals surface area contributed by atoms with Crippen LogP contribution in [0.4, 0.5) is 5.69 Å². The fraction of sp³-hybridized carbons (Fsp3) is 0.500. The lowest BCUT2D eigenvalue weighted by Gasteiger charge is -2.36. The summed E-state index contributed by atoms with van der Waals surface area (Å²) in [6.07, 6.45) is 0.766. The minimum atomic E-state index is -0.322. The first-order valence-electron chi connectivity index (χ1n) is 6.47. The van der Waals surface area contributed by atoms with Crippen LogP contribution in [0.3, 0.4) is 0 Å². The Kier molecular flexibility index (Phi) is 4.57. The third-order valence-corrected chi connectivity index (χ3v) is 3.42. The summed E-state index contributed by atoms with van der Waals surface area (Å²) in [5, 5.41) is 8.65. The number of nitrogens with two attached hydrogens (primary N) is 1. The molecule has 1 saturated heterocycles. The number of nitriles is 1. The number of hydrogen-bond acceptors (Lipinski definition) is 4. The lowest BCUT2D eigenvalue weighted by molar-refractivity contribution is 0.252. The van der Waals surface area contributed by atoms with Gasteiger partial charge in [0, 0.05) is 38.4 Å². The highest BCUT2D eigenvalue weighted by atomic mass is 15.3. The second kappa shape index (κ2) is 6.39. The van der Waals surface area contributed by atoms with Crippen LogP contribution in [0, 0.1) is 11.3 Å². The van der Waals surface area contributed by atoms with E-state index in [1.165, 1.54) is 5.69 Å². The van der Waals surface area contributed by atoms with E-state index in [1.807, 2.05) is 6.07 Å². The quantitative estimate of drug-likeness (QED) is 0.860. The van der Waals surface area contributed by atoms with E-state index in [0.29, 0.717) is 0 Å². The monoisotopic (exact) mass is 244 g/mol. The van der Waals surface area contributed by atoms with Gasteiger partial charge in [0.2, 0.25) is 0 Å². The third kappa shape index (κ3) is 3.46. The zero-order chi connectivity index (χ0) is 12.8. The zero-order valence-electron chi connectivity index (χ0n) is 10.6. The van der Waals surface area contributed by atoms with Crippen molar-refractivity contribution < 1.29 is 0 Å². The normalized spacial score (nSPS) is 18.3. The Morgan fingerprint density at radius 3 is 2.44 bits per heavy atom. The van der Waals surface area contributed by atoms with Gasteiger partial charge in [0.25, 0.3) is 0 Å². The Bertz CT molecular complexity index is 390. The second-order valence-electron chi connectivity index (χ2n) is 4.69. The molecule has 0 spiro atoms. The highest BCUT2D eigenvalue weighted by Gasteiger charge is 2.17. The van der Waals surface area contributed by atoms with Crippen molar-refractivity contribution >= 4 is 5.69 Å². The van der Waals surface area contributed by atoms with Crippen molar-refractivity contribution in [1.29, 1.82) is 5.26 Å². The van der Waals surface area contributed by atoms with Gasteiger partial charge in [-0.15, -0.1) is 0 Å². The molecule has 0 amide bonds. The maximum atomic E-state index is 8.65. The van der Waals surface area contributed by atoms with Gasteiger partial charge in [0.05, 0.1) is 12.1 Å². The number of rotatable bonds is 4. The summed E-state index contributed by atoms with van der Waals surface area (Å²) in [5.41, 5.74) is 6.91. The van der Waals surface area contributed by atoms with Crippen LogP contribution in [0.5, 0.6) is 0 Å². The Labute approximate surface area is 109 Å². The molecule has 0 bridgehead atoms. The standard InChI is InChI=1S/C14H20N4/c15-12-13(16)6-7-17-8-10-18(11-9-17)14-4-2-1-3-5-14/h1-5,13H,6-11,16H2. The number of para-hydroxylation sites is 1. The summed E-state index contributed by atoms with van der Waals surface area (Å²) in [4.78, 5) is 4.79. The molecule has 0 saturated carbocycles. The molecule has 4 nitrogen and oxygen atoms in total. The predicted molar refractivity (Wildman–Crippen MR) is 73.3 cm³/mol. The van der Waals surface area contributed by atoms with E-state index in [1.54, 1.807) is 0 Å². The molecule has 0 aliphatic carbocycles. The van der Waals surface area contributed by atoms with Crippen molar-refractivity contribution in [2.24, 2.45) is 5.73 Å². The predicted octanol–water partition coefficient (Wildman–Crippen LogP) is 1.05. The van der Waals surface area contributed by atoms with Crippen molar-refractivity contribution in [2.45, 2.75) is 12.5 Å². The molecule has 18 heavy (non-hydrogen) atoms. The van der Waals surface area contributed by atoms with Crippen molar-refractivity contribution in [3.8, 4) is 6.07 Å². The summed E-state index contributed by atoms with van der Waals surface area (Å²) in [6, 6.07) is 12.3. The van der Waals surface area contributed by atoms with Gasteiger partial charge in [-0.1, -0.05) is 18.2 Å². The molecule has 2 N–H and O–H groups in total. The average Bonchev–Trinajstić information content (AvgIpc) is 2.46. The molecule has 0 aromatic heterocycles. The molecule has 1 aromatic rings. The van der Waals surface area contributed by atoms with Crippen molar-refractivity contribution in [3.05, 3.63) is 30.3 Å². The van der Waals surface area contributed by atoms with Crippen LogP contribution in [-0.2, 0) is 0 Å². The first-order valence-corrected chi connectivity index (χ1v) is 6.47. The lowest BCUT2D eigenvalue weighted by Crippen LogP contribution is -2.47. The van der Waals surface area contributed by atoms with E-state index in [2.05, 4.69) is 40.1 Å². The van der Waals surface area contributed by atoms with Crippen LogP contribution in [0.25, 0.3) is 0 Å². The number of piperazine rings is 1. The first-order chi connectivity index (χ1) is 8.79. The molecular formula is C14H20N4. The molecular weight excluding hydrogens is 224 g/mol. The summed E-state index contributed by atoms with van der Waals surface area (Å²) < 4.78 is 0. The van der Waals surface area contributed by atoms with Gasteiger partial charge in [-0.05, 0) is 18.6 Å². The van der Waals surface area contributed by atoms with Gasteiger partial charge in [-0.25, -0.2) is 0 Å². The van der Waals surface area contributed by atoms with E-state index in [9.17, 15) is 0 Å². The molecule has 1 atom stereocenters. The van der Waals surface area contributed by atoms with E-state index < -0.39 is 0 Å². The highest BCUT2D eigenvalue weighted by Crippen LogP contribution is 2.15. The van der Waals surface area contributed by atoms with Crippen molar-refractivity contribution in [2.75, 3.05) is 37.6 Å². The number of benzene rings is 1. The SMILES string of the molecule is N#CC(N)CCN1CCN(c2ccccc2)CC1. The van der Waals surface area contributed by atoms with Crippen molar-refractivity contribution in [1.82, 2.24) is 4.90 Å². The van der Waals surface area contributed by atoms with Gasteiger partial charge in [-0.2, -0.15) is 5.26 Å². The summed E-state index contributed by atoms with van der Waals surface area (Å²) in [5.74, 6) is 0. The molecule has 4 heteroatoms. The van der Waals surface area contributed by atoms with Gasteiger partial charge in [0.1, 0.15) is 0 Å². The van der Waals surface area contributed by atoms with Crippen molar-refractivity contribution in [3.63, 3.8) is 0 Å². The zero-order valence-corrected chi connectivity index (χ0v) is 10.6. The summed E-state index contributed by atoms with van der Waals surface area (Å²) >= 11 is 0. The van der Waals surface area contributed by atoms with Crippen LogP contribution in [0.2, 0.25) is 0 Å². The minimum Gasteiger partial charge on any atom is -0.369 e. The van der Waals surface area contributed by atoms with E-state index >= 15 is 0 Å². The summed E-state index contributed by atoms with van der Waals surface area (Å²) in [7, 11) is 0. The number of hydrogen-bond donors (Lipinski definition) is 1. The van der Waals surface area contributed by atoms with Gasteiger partial charge in [-0.3, -0.25) is 4.90 Å². The molecule has 96 valence electrons. The summed E-state index contributed by atoms with van der Waals surface area (Å²) in [6.45, 7) is 5.12. The van der Waals surface area contributed by atoms with Crippen LogP contribution >= 0.6 is 0 Å². The Morgan fingerprint density at radius 1 is 1.17 bits per heavy atom. The second-order valence-corrected chi connectivity index (χ2v) is 4.69. The maximum Gasteiger partial charge on any atom is 0.0940 e. The molecule has 0 radical (unpaired) electrons. The lowest BCUT2D eigenvalue weighted by atomic mass is 10.2. The van der Waals surface area contributed by atoms with E-state index in [0.717, 1.165) is 39.1 Å². The molecule has 1 aliphatic rings. The number of nitrogens with zero attached hydrogens (tertiary/aromatic N) is 3. The molecule has 2 rings (SSSR count). The van der Waals surface area contributed by atoms with Gasteiger partial charge in [0.15, 0.2) is 0 Å². The van der Waals surface area contributed by atoms with Crippen LogP contribution in [-0.4, -0.2) is 43.7 Å². The molecule has 1 unspecified atom stereocenters. The maximum absolute atomic E-state index is 8.65. The minimum absolute atomic E-state index is 0.322. The van der Waals surface area contributed by atoms with Crippen LogP contribution < -0.4 is 10.6 Å². The topological polar surface area (TPSA) is 56.3 Å². The molecule has 1 heterocycles. The highest BCUT2D eigenvalue weighted by molar-refractivity contribution is 5.46. The fourth-order valence-electron chi connectivity index (χ4n) is 2.25. The first kappa shape index (κ1) is 12.9. The van der Waals surface area contributed by atoms with Gasteiger partial charge < -0.3 is 10.6 Å². The Balaban J connectivity index is 1.77. The Morgan fingerprint density at radius 2 is 1.83 bits per heavy atom.